The zero-order chi connectivity index (χ0) is 14.7. The van der Waals surface area contributed by atoms with Crippen molar-refractivity contribution in [1.82, 2.24) is 0 Å². The highest BCUT2D eigenvalue weighted by Gasteiger charge is 2.16. The molecule has 2 aromatic rings. The fourth-order valence-electron chi connectivity index (χ4n) is 2.34. The molecule has 0 fully saturated rings. The standard InChI is InChI=1S/C16H17N3O/c1-11(2)19(10-16(18)20)15-8-7-12(9-17)13-5-3-4-6-14(13)15/h3-8,11H,10H2,1-2H3,(H2,18,20). The van der Waals surface area contributed by atoms with E-state index in [0.717, 1.165) is 16.5 Å². The number of hydrogen-bond acceptors (Lipinski definition) is 3. The molecule has 0 spiro atoms. The molecular weight excluding hydrogens is 250 g/mol. The van der Waals surface area contributed by atoms with Crippen molar-refractivity contribution in [3.8, 4) is 6.07 Å². The van der Waals surface area contributed by atoms with Gasteiger partial charge in [-0.15, -0.1) is 0 Å². The number of nitrogens with zero attached hydrogens (tertiary/aromatic N) is 2. The van der Waals surface area contributed by atoms with Gasteiger partial charge in [0.1, 0.15) is 0 Å². The van der Waals surface area contributed by atoms with E-state index in [0.29, 0.717) is 5.56 Å². The van der Waals surface area contributed by atoms with E-state index >= 15 is 0 Å². The van der Waals surface area contributed by atoms with Crippen LogP contribution in [-0.2, 0) is 4.79 Å². The van der Waals surface area contributed by atoms with Crippen molar-refractivity contribution in [3.05, 3.63) is 42.0 Å². The monoisotopic (exact) mass is 267 g/mol. The number of carbonyl (C=O) groups excluding carboxylic acids is 1. The Morgan fingerprint density at radius 1 is 1.25 bits per heavy atom. The number of hydrogen-bond donors (Lipinski definition) is 1. The Labute approximate surface area is 118 Å². The van der Waals surface area contributed by atoms with Crippen molar-refractivity contribution in [2.24, 2.45) is 5.73 Å². The second-order valence-corrected chi connectivity index (χ2v) is 4.98. The van der Waals surface area contributed by atoms with Crippen LogP contribution < -0.4 is 10.6 Å². The van der Waals surface area contributed by atoms with Gasteiger partial charge in [0.15, 0.2) is 0 Å². The Kier molecular flexibility index (Phi) is 3.90. The third kappa shape index (κ3) is 2.57. The predicted molar refractivity (Wildman–Crippen MR) is 80.3 cm³/mol. The van der Waals surface area contributed by atoms with Crippen molar-refractivity contribution in [2.45, 2.75) is 19.9 Å². The van der Waals surface area contributed by atoms with Crippen LogP contribution in [0.3, 0.4) is 0 Å². The highest BCUT2D eigenvalue weighted by Crippen LogP contribution is 2.30. The first-order valence-corrected chi connectivity index (χ1v) is 6.51. The van der Waals surface area contributed by atoms with Crippen molar-refractivity contribution < 1.29 is 4.79 Å². The third-order valence-corrected chi connectivity index (χ3v) is 3.28. The molecule has 2 aromatic carbocycles. The summed E-state index contributed by atoms with van der Waals surface area (Å²) >= 11 is 0. The Hall–Kier alpha value is -2.54. The van der Waals surface area contributed by atoms with Gasteiger partial charge in [-0.2, -0.15) is 5.26 Å². The molecule has 20 heavy (non-hydrogen) atoms. The number of amides is 1. The summed E-state index contributed by atoms with van der Waals surface area (Å²) in [5.41, 5.74) is 6.89. The molecule has 0 saturated heterocycles. The zero-order valence-electron chi connectivity index (χ0n) is 11.6. The second kappa shape index (κ2) is 5.62. The molecule has 0 unspecified atom stereocenters. The van der Waals surface area contributed by atoms with Gasteiger partial charge in [-0.1, -0.05) is 24.3 Å². The van der Waals surface area contributed by atoms with Gasteiger partial charge in [0.2, 0.25) is 5.91 Å². The summed E-state index contributed by atoms with van der Waals surface area (Å²) in [5.74, 6) is -0.368. The normalized spacial score (nSPS) is 10.5. The molecule has 0 atom stereocenters. The van der Waals surface area contributed by atoms with Crippen molar-refractivity contribution >= 4 is 22.4 Å². The van der Waals surface area contributed by atoms with Crippen LogP contribution in [-0.4, -0.2) is 18.5 Å². The number of nitriles is 1. The lowest BCUT2D eigenvalue weighted by molar-refractivity contribution is -0.116. The van der Waals surface area contributed by atoms with Gasteiger partial charge in [0.05, 0.1) is 18.2 Å². The number of anilines is 1. The Morgan fingerprint density at radius 2 is 1.90 bits per heavy atom. The SMILES string of the molecule is CC(C)N(CC(N)=O)c1ccc(C#N)c2ccccc12. The molecule has 2 N–H and O–H groups in total. The number of carbonyl (C=O) groups is 1. The number of benzene rings is 2. The second-order valence-electron chi connectivity index (χ2n) is 4.98. The maximum atomic E-state index is 11.3. The smallest absolute Gasteiger partial charge is 0.236 e. The van der Waals surface area contributed by atoms with E-state index in [1.54, 1.807) is 6.07 Å². The summed E-state index contributed by atoms with van der Waals surface area (Å²) in [4.78, 5) is 13.2. The minimum Gasteiger partial charge on any atom is -0.368 e. The molecule has 0 aliphatic rings. The lowest BCUT2D eigenvalue weighted by Crippen LogP contribution is -2.38. The van der Waals surface area contributed by atoms with E-state index in [2.05, 4.69) is 6.07 Å². The first kappa shape index (κ1) is 13.9. The maximum absolute atomic E-state index is 11.3. The van der Waals surface area contributed by atoms with Gasteiger partial charge in [0, 0.05) is 22.5 Å². The average molecular weight is 267 g/mol. The zero-order valence-corrected chi connectivity index (χ0v) is 11.6. The van der Waals surface area contributed by atoms with Crippen LogP contribution in [0.15, 0.2) is 36.4 Å². The topological polar surface area (TPSA) is 70.1 Å². The van der Waals surface area contributed by atoms with Gasteiger partial charge in [0.25, 0.3) is 0 Å². The van der Waals surface area contributed by atoms with E-state index in [1.165, 1.54) is 0 Å². The Morgan fingerprint density at radius 3 is 2.45 bits per heavy atom. The lowest BCUT2D eigenvalue weighted by atomic mass is 10.0. The average Bonchev–Trinajstić information content (AvgIpc) is 2.43. The number of fused-ring (bicyclic) bond motifs is 1. The van der Waals surface area contributed by atoms with Crippen LogP contribution in [0.1, 0.15) is 19.4 Å². The number of nitrogens with two attached hydrogens (primary N) is 1. The van der Waals surface area contributed by atoms with Crippen molar-refractivity contribution in [1.29, 1.82) is 5.26 Å². The molecule has 4 nitrogen and oxygen atoms in total. The van der Waals surface area contributed by atoms with Crippen molar-refractivity contribution in [3.63, 3.8) is 0 Å². The molecule has 0 aromatic heterocycles. The molecule has 4 heteroatoms. The highest BCUT2D eigenvalue weighted by molar-refractivity contribution is 5.98. The quantitative estimate of drug-likeness (QED) is 0.924. The molecule has 2 rings (SSSR count). The van der Waals surface area contributed by atoms with Crippen LogP contribution >= 0.6 is 0 Å². The summed E-state index contributed by atoms with van der Waals surface area (Å²) in [7, 11) is 0. The largest absolute Gasteiger partial charge is 0.368 e. The van der Waals surface area contributed by atoms with Crippen LogP contribution in [0.4, 0.5) is 5.69 Å². The molecule has 0 bridgehead atoms. The predicted octanol–water partition coefficient (Wildman–Crippen LogP) is 2.41. The van der Waals surface area contributed by atoms with Crippen LogP contribution in [0.25, 0.3) is 10.8 Å². The number of primary amides is 1. The minimum absolute atomic E-state index is 0.138. The Balaban J connectivity index is 2.65. The summed E-state index contributed by atoms with van der Waals surface area (Å²) in [6.07, 6.45) is 0. The highest BCUT2D eigenvalue weighted by atomic mass is 16.1. The molecule has 1 amide bonds. The van der Waals surface area contributed by atoms with Crippen LogP contribution in [0, 0.1) is 11.3 Å². The minimum atomic E-state index is -0.368. The van der Waals surface area contributed by atoms with Crippen LogP contribution in [0.5, 0.6) is 0 Å². The van der Waals surface area contributed by atoms with Gasteiger partial charge in [-0.05, 0) is 26.0 Å². The molecular formula is C16H17N3O. The van der Waals surface area contributed by atoms with Gasteiger partial charge >= 0.3 is 0 Å². The van der Waals surface area contributed by atoms with E-state index in [-0.39, 0.29) is 18.5 Å². The maximum Gasteiger partial charge on any atom is 0.236 e. The lowest BCUT2D eigenvalue weighted by Gasteiger charge is -2.29. The van der Waals surface area contributed by atoms with Crippen molar-refractivity contribution in [2.75, 3.05) is 11.4 Å². The fourth-order valence-corrected chi connectivity index (χ4v) is 2.34. The molecule has 0 aliphatic carbocycles. The summed E-state index contributed by atoms with van der Waals surface area (Å²) in [5, 5.41) is 11.0. The third-order valence-electron chi connectivity index (χ3n) is 3.28. The van der Waals surface area contributed by atoms with E-state index in [4.69, 9.17) is 5.73 Å². The number of rotatable bonds is 4. The van der Waals surface area contributed by atoms with E-state index in [9.17, 15) is 10.1 Å². The summed E-state index contributed by atoms with van der Waals surface area (Å²) in [6.45, 7) is 4.18. The van der Waals surface area contributed by atoms with E-state index < -0.39 is 0 Å². The first-order chi connectivity index (χ1) is 9.54. The summed E-state index contributed by atoms with van der Waals surface area (Å²) < 4.78 is 0. The first-order valence-electron chi connectivity index (χ1n) is 6.51. The molecule has 0 radical (unpaired) electrons. The van der Waals surface area contributed by atoms with Crippen LogP contribution in [0.2, 0.25) is 0 Å². The fraction of sp³-hybridized carbons (Fsp3) is 0.250. The van der Waals surface area contributed by atoms with E-state index in [1.807, 2.05) is 49.1 Å². The van der Waals surface area contributed by atoms with Gasteiger partial charge < -0.3 is 10.6 Å². The van der Waals surface area contributed by atoms with Gasteiger partial charge in [-0.25, -0.2) is 0 Å². The Bertz CT molecular complexity index is 686. The summed E-state index contributed by atoms with van der Waals surface area (Å²) in [6, 6.07) is 13.7. The molecule has 0 heterocycles. The molecule has 0 saturated carbocycles. The molecule has 0 aliphatic heterocycles. The van der Waals surface area contributed by atoms with Gasteiger partial charge in [-0.3, -0.25) is 4.79 Å². The molecule has 102 valence electrons.